The minimum Gasteiger partial charge on any atom is -0.379 e. The van der Waals surface area contributed by atoms with Gasteiger partial charge in [0, 0.05) is 52.4 Å². The Morgan fingerprint density at radius 1 is 0.421 bits per heavy atom. The minimum atomic E-state index is 0. The summed E-state index contributed by atoms with van der Waals surface area (Å²) in [6.45, 7) is 9.67. The van der Waals surface area contributed by atoms with E-state index in [0.29, 0.717) is 0 Å². The van der Waals surface area contributed by atoms with E-state index in [1.165, 1.54) is 0 Å². The molecule has 1 aliphatic heterocycles. The van der Waals surface area contributed by atoms with Crippen LogP contribution < -0.4 is 21.3 Å². The second kappa shape index (κ2) is 24.7. The standard InChI is InChI=1S/C10H24N4O.4BrH/c1-2-12-4-6-14-8-10-15-9-7-13-5-3-11-1;;;;/h11-14H,1-10H2;4*1H. The SMILES string of the molecule is Br.Br.Br.Br.C1CNCCNCCOCCNCCN1. The first-order valence-electron chi connectivity index (χ1n) is 5.91. The first kappa shape index (κ1) is 28.8. The zero-order chi connectivity index (χ0) is 10.6. The van der Waals surface area contributed by atoms with E-state index >= 15 is 0 Å². The average molecular weight is 540 g/mol. The summed E-state index contributed by atoms with van der Waals surface area (Å²) in [4.78, 5) is 0. The van der Waals surface area contributed by atoms with Crippen LogP contribution in [0.2, 0.25) is 0 Å². The van der Waals surface area contributed by atoms with Gasteiger partial charge in [-0.25, -0.2) is 0 Å². The first-order chi connectivity index (χ1) is 7.50. The van der Waals surface area contributed by atoms with Crippen LogP contribution in [0.15, 0.2) is 0 Å². The molecule has 1 fully saturated rings. The molecular weight excluding hydrogens is 512 g/mol. The van der Waals surface area contributed by atoms with Crippen LogP contribution in [0.1, 0.15) is 0 Å². The summed E-state index contributed by atoms with van der Waals surface area (Å²) in [5.41, 5.74) is 0. The summed E-state index contributed by atoms with van der Waals surface area (Å²) >= 11 is 0. The maximum atomic E-state index is 5.44. The number of hydrogen-bond donors (Lipinski definition) is 4. The van der Waals surface area contributed by atoms with Gasteiger partial charge in [0.2, 0.25) is 0 Å². The van der Waals surface area contributed by atoms with Crippen molar-refractivity contribution < 1.29 is 4.74 Å². The lowest BCUT2D eigenvalue weighted by Gasteiger charge is -2.06. The summed E-state index contributed by atoms with van der Waals surface area (Å²) in [6.07, 6.45) is 0. The molecule has 1 aliphatic rings. The summed E-state index contributed by atoms with van der Waals surface area (Å²) in [6, 6.07) is 0. The van der Waals surface area contributed by atoms with E-state index in [0.717, 1.165) is 65.6 Å². The molecule has 0 radical (unpaired) electrons. The number of nitrogens with one attached hydrogen (secondary N) is 4. The van der Waals surface area contributed by atoms with Crippen molar-refractivity contribution in [2.24, 2.45) is 0 Å². The Kier molecular flexibility index (Phi) is 37.5. The van der Waals surface area contributed by atoms with Crippen LogP contribution in [0, 0.1) is 0 Å². The molecule has 0 bridgehead atoms. The van der Waals surface area contributed by atoms with Gasteiger partial charge in [-0.05, 0) is 0 Å². The number of rotatable bonds is 0. The van der Waals surface area contributed by atoms with Crippen molar-refractivity contribution in [3.8, 4) is 0 Å². The summed E-state index contributed by atoms with van der Waals surface area (Å²) in [7, 11) is 0. The van der Waals surface area contributed by atoms with Gasteiger partial charge in [0.15, 0.2) is 0 Å². The Hall–Kier alpha value is 1.72. The lowest BCUT2D eigenvalue weighted by Crippen LogP contribution is -2.35. The fourth-order valence-electron chi connectivity index (χ4n) is 1.42. The monoisotopic (exact) mass is 536 g/mol. The molecule has 0 amide bonds. The lowest BCUT2D eigenvalue weighted by molar-refractivity contribution is 0.138. The third-order valence-corrected chi connectivity index (χ3v) is 2.28. The molecule has 0 saturated carbocycles. The Morgan fingerprint density at radius 3 is 1.00 bits per heavy atom. The van der Waals surface area contributed by atoms with Crippen LogP contribution in [0.3, 0.4) is 0 Å². The zero-order valence-electron chi connectivity index (χ0n) is 11.1. The highest BCUT2D eigenvalue weighted by molar-refractivity contribution is 8.93. The van der Waals surface area contributed by atoms with Crippen LogP contribution in [0.25, 0.3) is 0 Å². The topological polar surface area (TPSA) is 57.4 Å². The van der Waals surface area contributed by atoms with Crippen LogP contribution in [0.5, 0.6) is 0 Å². The van der Waals surface area contributed by atoms with E-state index in [1.54, 1.807) is 0 Å². The average Bonchev–Trinajstić information content (AvgIpc) is 2.27. The van der Waals surface area contributed by atoms with Crippen molar-refractivity contribution in [3.63, 3.8) is 0 Å². The van der Waals surface area contributed by atoms with E-state index in [1.807, 2.05) is 0 Å². The van der Waals surface area contributed by atoms with Crippen molar-refractivity contribution in [3.05, 3.63) is 0 Å². The highest BCUT2D eigenvalue weighted by Crippen LogP contribution is 1.73. The van der Waals surface area contributed by atoms with Crippen molar-refractivity contribution >= 4 is 67.9 Å². The van der Waals surface area contributed by atoms with Crippen molar-refractivity contribution in [1.29, 1.82) is 0 Å². The van der Waals surface area contributed by atoms with Crippen molar-refractivity contribution in [1.82, 2.24) is 21.3 Å². The largest absolute Gasteiger partial charge is 0.379 e. The van der Waals surface area contributed by atoms with Gasteiger partial charge in [0.25, 0.3) is 0 Å². The first-order valence-corrected chi connectivity index (χ1v) is 5.91. The maximum Gasteiger partial charge on any atom is 0.0591 e. The third kappa shape index (κ3) is 22.1. The molecule has 19 heavy (non-hydrogen) atoms. The molecule has 0 atom stereocenters. The molecule has 9 heteroatoms. The number of hydrogen-bond acceptors (Lipinski definition) is 5. The second-order valence-corrected chi connectivity index (χ2v) is 3.61. The number of ether oxygens (including phenoxy) is 1. The summed E-state index contributed by atoms with van der Waals surface area (Å²) in [5.74, 6) is 0. The van der Waals surface area contributed by atoms with E-state index in [4.69, 9.17) is 4.74 Å². The van der Waals surface area contributed by atoms with E-state index < -0.39 is 0 Å². The Bertz CT molecular complexity index is 90.1. The highest BCUT2D eigenvalue weighted by atomic mass is 79.9. The molecule has 0 aromatic carbocycles. The quantitative estimate of drug-likeness (QED) is 0.365. The normalized spacial score (nSPS) is 18.9. The predicted octanol–water partition coefficient (Wildman–Crippen LogP) is 0.687. The van der Waals surface area contributed by atoms with Crippen LogP contribution in [-0.2, 0) is 4.74 Å². The van der Waals surface area contributed by atoms with Crippen molar-refractivity contribution in [2.75, 3.05) is 65.6 Å². The smallest absolute Gasteiger partial charge is 0.0591 e. The molecule has 0 unspecified atom stereocenters. The van der Waals surface area contributed by atoms with E-state index in [9.17, 15) is 0 Å². The van der Waals surface area contributed by atoms with Gasteiger partial charge in [0.05, 0.1) is 13.2 Å². The molecular formula is C10H28Br4N4O. The van der Waals surface area contributed by atoms with Gasteiger partial charge < -0.3 is 26.0 Å². The molecule has 1 heterocycles. The van der Waals surface area contributed by atoms with E-state index in [-0.39, 0.29) is 67.9 Å². The fraction of sp³-hybridized carbons (Fsp3) is 1.00. The molecule has 1 saturated heterocycles. The van der Waals surface area contributed by atoms with Gasteiger partial charge in [-0.2, -0.15) is 0 Å². The Morgan fingerprint density at radius 2 is 0.684 bits per heavy atom. The van der Waals surface area contributed by atoms with Gasteiger partial charge in [-0.15, -0.1) is 67.9 Å². The molecule has 122 valence electrons. The Labute approximate surface area is 158 Å². The van der Waals surface area contributed by atoms with Crippen LogP contribution >= 0.6 is 67.9 Å². The van der Waals surface area contributed by atoms with Gasteiger partial charge in [0.1, 0.15) is 0 Å². The maximum absolute atomic E-state index is 5.44. The van der Waals surface area contributed by atoms with Gasteiger partial charge in [-0.1, -0.05) is 0 Å². The fourth-order valence-corrected chi connectivity index (χ4v) is 1.42. The molecule has 0 spiro atoms. The van der Waals surface area contributed by atoms with Gasteiger partial charge >= 0.3 is 0 Å². The molecule has 4 N–H and O–H groups in total. The highest BCUT2D eigenvalue weighted by Gasteiger charge is 1.93. The van der Waals surface area contributed by atoms with Gasteiger partial charge in [-0.3, -0.25) is 0 Å². The molecule has 0 aromatic rings. The second-order valence-electron chi connectivity index (χ2n) is 3.61. The summed E-state index contributed by atoms with van der Waals surface area (Å²) in [5, 5.41) is 13.4. The van der Waals surface area contributed by atoms with Crippen LogP contribution in [-0.4, -0.2) is 65.6 Å². The summed E-state index contributed by atoms with van der Waals surface area (Å²) < 4.78 is 5.44. The number of halogens is 4. The molecule has 0 aromatic heterocycles. The van der Waals surface area contributed by atoms with Crippen molar-refractivity contribution in [2.45, 2.75) is 0 Å². The molecule has 5 nitrogen and oxygen atoms in total. The molecule has 1 rings (SSSR count). The van der Waals surface area contributed by atoms with E-state index in [2.05, 4.69) is 21.3 Å². The van der Waals surface area contributed by atoms with Crippen LogP contribution in [0.4, 0.5) is 0 Å². The minimum absolute atomic E-state index is 0. The lowest BCUT2D eigenvalue weighted by atomic mass is 10.5. The Balaban J connectivity index is -0.000000281. The molecule has 0 aliphatic carbocycles. The predicted molar refractivity (Wildman–Crippen MR) is 104 cm³/mol. The zero-order valence-corrected chi connectivity index (χ0v) is 18.0. The third-order valence-electron chi connectivity index (χ3n) is 2.28.